The number of esters is 1. The standard InChI is InChI=1S/C9H8O5/c1-4(10)13-3-5-2-6(11)8-9(14-8)7(5)12/h2,8-9H,3H2,1H3. The van der Waals surface area contributed by atoms with Gasteiger partial charge in [-0.3, -0.25) is 14.4 Å². The van der Waals surface area contributed by atoms with Crippen LogP contribution in [0.5, 0.6) is 0 Å². The monoisotopic (exact) mass is 196 g/mol. The van der Waals surface area contributed by atoms with E-state index in [0.717, 1.165) is 0 Å². The van der Waals surface area contributed by atoms with Crippen molar-refractivity contribution in [2.45, 2.75) is 19.1 Å². The quantitative estimate of drug-likeness (QED) is 0.435. The lowest BCUT2D eigenvalue weighted by Crippen LogP contribution is -2.26. The van der Waals surface area contributed by atoms with E-state index in [-0.39, 0.29) is 23.7 Å². The highest BCUT2D eigenvalue weighted by Gasteiger charge is 2.53. The maximum absolute atomic E-state index is 11.4. The van der Waals surface area contributed by atoms with E-state index in [1.165, 1.54) is 13.0 Å². The van der Waals surface area contributed by atoms with Gasteiger partial charge in [0.05, 0.1) is 0 Å². The second kappa shape index (κ2) is 3.02. The van der Waals surface area contributed by atoms with Gasteiger partial charge in [-0.2, -0.15) is 0 Å². The molecule has 1 aliphatic heterocycles. The second-order valence-electron chi connectivity index (χ2n) is 3.19. The maximum atomic E-state index is 11.4. The van der Waals surface area contributed by atoms with Crippen LogP contribution in [0.4, 0.5) is 0 Å². The van der Waals surface area contributed by atoms with Crippen molar-refractivity contribution >= 4 is 17.5 Å². The van der Waals surface area contributed by atoms with Crippen LogP contribution in [-0.4, -0.2) is 36.4 Å². The first kappa shape index (κ1) is 9.08. The molecule has 1 heterocycles. The molecular weight excluding hydrogens is 188 g/mol. The number of carbonyl (C=O) groups is 3. The Morgan fingerprint density at radius 1 is 1.50 bits per heavy atom. The summed E-state index contributed by atoms with van der Waals surface area (Å²) in [5.74, 6) is -0.961. The molecule has 0 spiro atoms. The Bertz CT molecular complexity index is 354. The Morgan fingerprint density at radius 3 is 2.86 bits per heavy atom. The number of ketones is 2. The van der Waals surface area contributed by atoms with Crippen molar-refractivity contribution in [1.82, 2.24) is 0 Å². The number of fused-ring (bicyclic) bond motifs is 1. The molecule has 0 saturated carbocycles. The van der Waals surface area contributed by atoms with E-state index in [1.54, 1.807) is 0 Å². The molecule has 2 rings (SSSR count). The average molecular weight is 196 g/mol. The van der Waals surface area contributed by atoms with Gasteiger partial charge in [0, 0.05) is 12.5 Å². The summed E-state index contributed by atoms with van der Waals surface area (Å²) >= 11 is 0. The number of ether oxygens (including phenoxy) is 2. The Balaban J connectivity index is 2.06. The Morgan fingerprint density at radius 2 is 2.21 bits per heavy atom. The smallest absolute Gasteiger partial charge is 0.302 e. The Kier molecular flexibility index (Phi) is 1.96. The number of Topliss-reactive ketones (excluding diaryl/α,β-unsaturated/α-hetero) is 1. The number of hydrogen-bond acceptors (Lipinski definition) is 5. The Labute approximate surface area is 79.7 Å². The summed E-state index contributed by atoms with van der Waals surface area (Å²) in [6.07, 6.45) is -0.0129. The van der Waals surface area contributed by atoms with Gasteiger partial charge in [-0.05, 0) is 6.08 Å². The molecule has 1 aliphatic carbocycles. The molecular formula is C9H8O5. The summed E-state index contributed by atoms with van der Waals surface area (Å²) in [6.45, 7) is 1.10. The molecule has 0 aromatic heterocycles. The van der Waals surface area contributed by atoms with E-state index >= 15 is 0 Å². The van der Waals surface area contributed by atoms with Crippen LogP contribution >= 0.6 is 0 Å². The van der Waals surface area contributed by atoms with Gasteiger partial charge in [0.15, 0.2) is 23.8 Å². The van der Waals surface area contributed by atoms with Gasteiger partial charge in [-0.15, -0.1) is 0 Å². The first-order chi connectivity index (χ1) is 6.59. The van der Waals surface area contributed by atoms with Crippen molar-refractivity contribution in [1.29, 1.82) is 0 Å². The molecule has 2 atom stereocenters. The second-order valence-corrected chi connectivity index (χ2v) is 3.19. The zero-order valence-corrected chi connectivity index (χ0v) is 7.48. The molecule has 5 heteroatoms. The number of hydrogen-bond donors (Lipinski definition) is 0. The first-order valence-electron chi connectivity index (χ1n) is 4.17. The van der Waals surface area contributed by atoms with Crippen molar-refractivity contribution in [3.8, 4) is 0 Å². The largest absolute Gasteiger partial charge is 0.461 e. The third kappa shape index (κ3) is 1.46. The lowest BCUT2D eigenvalue weighted by molar-refractivity contribution is -0.140. The maximum Gasteiger partial charge on any atom is 0.302 e. The summed E-state index contributed by atoms with van der Waals surface area (Å²) in [5.41, 5.74) is 0.212. The molecule has 2 aliphatic rings. The minimum absolute atomic E-state index is 0.146. The molecule has 5 nitrogen and oxygen atoms in total. The Hall–Kier alpha value is -1.49. The fraction of sp³-hybridized carbons (Fsp3) is 0.444. The molecule has 0 N–H and O–H groups in total. The zero-order valence-electron chi connectivity index (χ0n) is 7.48. The van der Waals surface area contributed by atoms with Crippen molar-refractivity contribution in [2.75, 3.05) is 6.61 Å². The molecule has 74 valence electrons. The lowest BCUT2D eigenvalue weighted by Gasteiger charge is -2.07. The molecule has 2 unspecified atom stereocenters. The average Bonchev–Trinajstić information content (AvgIpc) is 2.88. The van der Waals surface area contributed by atoms with Gasteiger partial charge >= 0.3 is 5.97 Å². The highest BCUT2D eigenvalue weighted by Crippen LogP contribution is 2.31. The molecule has 0 bridgehead atoms. The van der Waals surface area contributed by atoms with Crippen LogP contribution in [-0.2, 0) is 23.9 Å². The highest BCUT2D eigenvalue weighted by atomic mass is 16.6. The topological polar surface area (TPSA) is 73.0 Å². The highest BCUT2D eigenvalue weighted by molar-refractivity contribution is 6.16. The van der Waals surface area contributed by atoms with E-state index in [9.17, 15) is 14.4 Å². The van der Waals surface area contributed by atoms with Gasteiger partial charge in [0.1, 0.15) is 6.61 Å². The van der Waals surface area contributed by atoms with Gasteiger partial charge in [-0.1, -0.05) is 0 Å². The zero-order chi connectivity index (χ0) is 10.3. The van der Waals surface area contributed by atoms with E-state index in [2.05, 4.69) is 4.74 Å². The van der Waals surface area contributed by atoms with Crippen LogP contribution < -0.4 is 0 Å². The summed E-state index contributed by atoms with van der Waals surface area (Å²) in [5, 5.41) is 0. The predicted octanol–water partition coefficient (Wildman–Crippen LogP) is -0.605. The van der Waals surface area contributed by atoms with Crippen molar-refractivity contribution in [3.05, 3.63) is 11.6 Å². The molecule has 0 amide bonds. The molecule has 1 fully saturated rings. The molecule has 0 aromatic carbocycles. The lowest BCUT2D eigenvalue weighted by atomic mass is 9.98. The number of rotatable bonds is 2. The molecule has 14 heavy (non-hydrogen) atoms. The van der Waals surface area contributed by atoms with E-state index in [0.29, 0.717) is 0 Å². The van der Waals surface area contributed by atoms with Crippen LogP contribution in [0.1, 0.15) is 6.92 Å². The van der Waals surface area contributed by atoms with Crippen molar-refractivity contribution < 1.29 is 23.9 Å². The fourth-order valence-electron chi connectivity index (χ4n) is 1.33. The third-order valence-corrected chi connectivity index (χ3v) is 2.09. The van der Waals surface area contributed by atoms with Gasteiger partial charge in [0.25, 0.3) is 0 Å². The third-order valence-electron chi connectivity index (χ3n) is 2.09. The summed E-state index contributed by atoms with van der Waals surface area (Å²) < 4.78 is 9.48. The van der Waals surface area contributed by atoms with Crippen LogP contribution in [0.15, 0.2) is 11.6 Å². The fourth-order valence-corrected chi connectivity index (χ4v) is 1.33. The van der Waals surface area contributed by atoms with E-state index in [1.807, 2.05) is 0 Å². The van der Waals surface area contributed by atoms with Crippen LogP contribution in [0.25, 0.3) is 0 Å². The van der Waals surface area contributed by atoms with Gasteiger partial charge in [0.2, 0.25) is 0 Å². The van der Waals surface area contributed by atoms with Gasteiger partial charge in [-0.25, -0.2) is 0 Å². The minimum atomic E-state index is -0.627. The van der Waals surface area contributed by atoms with E-state index in [4.69, 9.17) is 4.74 Å². The van der Waals surface area contributed by atoms with Crippen molar-refractivity contribution in [3.63, 3.8) is 0 Å². The number of carbonyl (C=O) groups excluding carboxylic acids is 3. The summed E-state index contributed by atoms with van der Waals surface area (Å²) in [7, 11) is 0. The normalized spacial score (nSPS) is 29.4. The van der Waals surface area contributed by atoms with Crippen molar-refractivity contribution in [2.24, 2.45) is 0 Å². The van der Waals surface area contributed by atoms with E-state index < -0.39 is 18.2 Å². The summed E-state index contributed by atoms with van der Waals surface area (Å²) in [6, 6.07) is 0. The predicted molar refractivity (Wildman–Crippen MR) is 43.4 cm³/mol. The number of epoxide rings is 1. The van der Waals surface area contributed by atoms with Crippen LogP contribution in [0.2, 0.25) is 0 Å². The summed E-state index contributed by atoms with van der Waals surface area (Å²) in [4.78, 5) is 33.0. The minimum Gasteiger partial charge on any atom is -0.461 e. The SMILES string of the molecule is CC(=O)OCC1=CC(=O)C2OC2C1=O. The molecule has 1 saturated heterocycles. The molecule has 0 radical (unpaired) electrons. The molecule has 0 aromatic rings. The van der Waals surface area contributed by atoms with Crippen LogP contribution in [0.3, 0.4) is 0 Å². The first-order valence-corrected chi connectivity index (χ1v) is 4.17. The van der Waals surface area contributed by atoms with Crippen LogP contribution in [0, 0.1) is 0 Å². The van der Waals surface area contributed by atoms with Gasteiger partial charge < -0.3 is 9.47 Å².